The summed E-state index contributed by atoms with van der Waals surface area (Å²) in [5.41, 5.74) is 19.4. The predicted octanol–water partition coefficient (Wildman–Crippen LogP) is 5.19. The van der Waals surface area contributed by atoms with Gasteiger partial charge in [0.05, 0.1) is 12.5 Å². The summed E-state index contributed by atoms with van der Waals surface area (Å²) in [6, 6.07) is 22.5. The molecule has 0 atom stereocenters. The summed E-state index contributed by atoms with van der Waals surface area (Å²) in [6.45, 7) is 5.29. The monoisotopic (exact) mass is 1050 g/mol. The van der Waals surface area contributed by atoms with Gasteiger partial charge in [-0.25, -0.2) is 26.0 Å². The van der Waals surface area contributed by atoms with Crippen LogP contribution >= 0.6 is 0 Å². The maximum absolute atomic E-state index is 13.2. The minimum atomic E-state index is -3.57. The molecule has 0 spiro atoms. The fraction of sp³-hybridized carbons (Fsp3) is 0.404. The lowest BCUT2D eigenvalue weighted by Crippen LogP contribution is -2.41. The Labute approximate surface area is 422 Å². The van der Waals surface area contributed by atoms with Crippen LogP contribution in [0.5, 0.6) is 11.5 Å². The largest absolute Gasteiger partial charge is 0.492 e. The van der Waals surface area contributed by atoms with Gasteiger partial charge in [0.2, 0.25) is 39.3 Å². The van der Waals surface area contributed by atoms with E-state index in [1.165, 1.54) is 16.3 Å². The average Bonchev–Trinajstić information content (AvgIpc) is 4.23. The highest BCUT2D eigenvalue weighted by molar-refractivity contribution is 7.90. The standard InChI is InChI=1S/C23H26F2N8O2.C15H22F2N2O.C9H8N6O3S/c24-23(25)8-11-32(12-9-23)13-15-34-17-5-3-16(4-6-17)7-10-27-21-29-20(26)33-22(30-21)28-19(31-33)18-2-1-14-35-18;16-15(17)6-9-19(10-7-15)11-12-20-14-3-1-13(2-4-14)5-8-18;1-19(16,17)9-12-7(10)15-8(13-9)11-6(14-15)5-3-2-4-18-5/h1-6,14H,7-13,15H2,(H3,26,27,28,29,30,31);1-4H,5-12,18H2;2-4H,1H3,(H2,10,11,12,13,14). The Morgan fingerprint density at radius 3 is 1.54 bits per heavy atom. The van der Waals surface area contributed by atoms with Crippen LogP contribution in [0.2, 0.25) is 0 Å². The van der Waals surface area contributed by atoms with E-state index in [4.69, 9.17) is 35.5 Å². The summed E-state index contributed by atoms with van der Waals surface area (Å²) in [5.74, 6) is -1.07. The maximum atomic E-state index is 13.2. The molecule has 0 amide bonds. The molecule has 8 heterocycles. The Morgan fingerprint density at radius 1 is 0.635 bits per heavy atom. The van der Waals surface area contributed by atoms with E-state index in [9.17, 15) is 26.0 Å². The second kappa shape index (κ2) is 23.6. The van der Waals surface area contributed by atoms with Gasteiger partial charge in [0.25, 0.3) is 28.6 Å². The Bertz CT molecular complexity index is 3140. The van der Waals surface area contributed by atoms with Crippen LogP contribution in [-0.4, -0.2) is 151 Å². The van der Waals surface area contributed by atoms with Crippen molar-refractivity contribution in [2.45, 2.75) is 55.5 Å². The minimum absolute atomic E-state index is 0.0409. The first kappa shape index (κ1) is 52.8. The zero-order valence-electron chi connectivity index (χ0n) is 40.4. The molecule has 2 aliphatic rings. The fourth-order valence-corrected chi connectivity index (χ4v) is 8.15. The van der Waals surface area contributed by atoms with Crippen LogP contribution in [0.1, 0.15) is 36.8 Å². The Kier molecular flexibility index (Phi) is 16.8. The lowest BCUT2D eigenvalue weighted by molar-refractivity contribution is -0.0569. The second-order valence-electron chi connectivity index (χ2n) is 17.4. The highest BCUT2D eigenvalue weighted by Crippen LogP contribution is 2.29. The van der Waals surface area contributed by atoms with Gasteiger partial charge in [-0.3, -0.25) is 9.80 Å². The van der Waals surface area contributed by atoms with Gasteiger partial charge in [-0.1, -0.05) is 24.3 Å². The van der Waals surface area contributed by atoms with Crippen LogP contribution in [-0.2, 0) is 22.7 Å². The van der Waals surface area contributed by atoms with Crippen molar-refractivity contribution >= 4 is 39.2 Å². The summed E-state index contributed by atoms with van der Waals surface area (Å²) in [7, 11) is -3.57. The van der Waals surface area contributed by atoms with Crippen molar-refractivity contribution in [2.75, 3.05) is 88.6 Å². The number of fused-ring (bicyclic) bond motifs is 2. The van der Waals surface area contributed by atoms with E-state index < -0.39 is 26.8 Å². The van der Waals surface area contributed by atoms with E-state index in [2.05, 4.69) is 45.4 Å². The summed E-state index contributed by atoms with van der Waals surface area (Å²) >= 11 is 0. The molecule has 0 aliphatic carbocycles. The first-order valence-electron chi connectivity index (χ1n) is 23.7. The van der Waals surface area contributed by atoms with Gasteiger partial charge in [0.15, 0.2) is 11.5 Å². The number of benzene rings is 2. The summed E-state index contributed by atoms with van der Waals surface area (Å²) in [5, 5.41) is 11.1. The number of aromatic nitrogens is 10. The summed E-state index contributed by atoms with van der Waals surface area (Å²) < 4.78 is 99.7. The van der Waals surface area contributed by atoms with Crippen molar-refractivity contribution < 1.29 is 44.3 Å². The molecule has 0 saturated carbocycles. The Balaban J connectivity index is 0.000000159. The molecule has 2 fully saturated rings. The number of nitrogens with zero attached hydrogens (tertiary/aromatic N) is 12. The van der Waals surface area contributed by atoms with Crippen LogP contribution in [0.4, 0.5) is 35.4 Å². The average molecular weight is 1050 g/mol. The van der Waals surface area contributed by atoms with Crippen molar-refractivity contribution in [3.8, 4) is 34.7 Å². The molecule has 27 heteroatoms. The number of nitrogens with two attached hydrogens (primary N) is 3. The highest BCUT2D eigenvalue weighted by atomic mass is 32.2. The fourth-order valence-electron chi connectivity index (χ4n) is 7.64. The SMILES string of the molecule is CS(=O)(=O)c1nc(N)n2nc(-c3ccco3)nc2n1.NCCc1ccc(OCCN2CCC(F)(F)CC2)cc1.Nc1nc(NCCc2ccc(OCCN3CCC(F)(F)CC3)cc2)nc2nc(-c3ccco3)nn12. The third-order valence-corrected chi connectivity index (χ3v) is 12.6. The van der Waals surface area contributed by atoms with Crippen LogP contribution in [0.15, 0.2) is 99.3 Å². The molecule has 7 N–H and O–H groups in total. The van der Waals surface area contributed by atoms with Crippen molar-refractivity contribution in [3.05, 3.63) is 96.4 Å². The zero-order chi connectivity index (χ0) is 52.3. The number of anilines is 3. The summed E-state index contributed by atoms with van der Waals surface area (Å²) in [4.78, 5) is 28.5. The van der Waals surface area contributed by atoms with Crippen molar-refractivity contribution in [2.24, 2.45) is 5.73 Å². The molecule has 6 aromatic heterocycles. The topological polar surface area (TPSA) is 287 Å². The third-order valence-electron chi connectivity index (χ3n) is 11.8. The van der Waals surface area contributed by atoms with Crippen LogP contribution in [0, 0.1) is 0 Å². The van der Waals surface area contributed by atoms with Crippen LogP contribution < -0.4 is 32.0 Å². The summed E-state index contributed by atoms with van der Waals surface area (Å²) in [6.07, 6.45) is 5.37. The van der Waals surface area contributed by atoms with Crippen molar-refractivity contribution in [1.82, 2.24) is 58.9 Å². The number of ether oxygens (including phenoxy) is 2. The molecule has 2 aromatic carbocycles. The number of halogens is 4. The van der Waals surface area contributed by atoms with Gasteiger partial charge in [0, 0.05) is 77.8 Å². The molecule has 74 heavy (non-hydrogen) atoms. The van der Waals surface area contributed by atoms with Gasteiger partial charge < -0.3 is 40.8 Å². The first-order chi connectivity index (χ1) is 35.5. The zero-order valence-corrected chi connectivity index (χ0v) is 41.2. The molecule has 394 valence electrons. The molecule has 2 aliphatic heterocycles. The number of nitrogens with one attached hydrogen (secondary N) is 1. The van der Waals surface area contributed by atoms with Crippen molar-refractivity contribution in [1.29, 1.82) is 0 Å². The number of nitrogen functional groups attached to an aromatic ring is 2. The smallest absolute Gasteiger partial charge is 0.259 e. The molecule has 8 aromatic rings. The highest BCUT2D eigenvalue weighted by Gasteiger charge is 2.34. The third kappa shape index (κ3) is 14.6. The molecule has 0 radical (unpaired) electrons. The van der Waals surface area contributed by atoms with Gasteiger partial charge in [-0.2, -0.15) is 38.9 Å². The molecular formula is C47H56F4N16O6S. The predicted molar refractivity (Wildman–Crippen MR) is 265 cm³/mol. The maximum Gasteiger partial charge on any atom is 0.259 e. The number of rotatable bonds is 17. The Hall–Kier alpha value is -7.49. The quantitative estimate of drug-likeness (QED) is 0.0854. The molecular weight excluding hydrogens is 993 g/mol. The van der Waals surface area contributed by atoms with E-state index in [0.29, 0.717) is 94.6 Å². The first-order valence-corrected chi connectivity index (χ1v) is 25.5. The number of hydrogen-bond donors (Lipinski definition) is 4. The number of sulfone groups is 1. The molecule has 2 saturated heterocycles. The minimum Gasteiger partial charge on any atom is -0.492 e. The van der Waals surface area contributed by atoms with E-state index in [1.807, 2.05) is 58.3 Å². The lowest BCUT2D eigenvalue weighted by Gasteiger charge is -2.31. The van der Waals surface area contributed by atoms with Crippen molar-refractivity contribution in [3.63, 3.8) is 0 Å². The van der Waals surface area contributed by atoms with E-state index in [0.717, 1.165) is 40.7 Å². The second-order valence-corrected chi connectivity index (χ2v) is 19.3. The Morgan fingerprint density at radius 2 is 1.09 bits per heavy atom. The van der Waals surface area contributed by atoms with Gasteiger partial charge in [-0.05, 0) is 79.0 Å². The molecule has 0 bridgehead atoms. The molecule has 10 rings (SSSR count). The van der Waals surface area contributed by atoms with Gasteiger partial charge in [-0.15, -0.1) is 10.2 Å². The molecule has 22 nitrogen and oxygen atoms in total. The number of hydrogen-bond acceptors (Lipinski definition) is 20. The normalized spacial score (nSPS) is 15.8. The van der Waals surface area contributed by atoms with Gasteiger partial charge in [0.1, 0.15) is 24.7 Å². The number of piperidine rings is 2. The van der Waals surface area contributed by atoms with E-state index in [-0.39, 0.29) is 49.2 Å². The lowest BCUT2D eigenvalue weighted by atomic mass is 10.1. The van der Waals surface area contributed by atoms with E-state index in [1.54, 1.807) is 30.5 Å². The number of likely N-dealkylation sites (tertiary alicyclic amines) is 2. The van der Waals surface area contributed by atoms with Crippen LogP contribution in [0.3, 0.4) is 0 Å². The van der Waals surface area contributed by atoms with Crippen LogP contribution in [0.25, 0.3) is 34.7 Å². The van der Waals surface area contributed by atoms with E-state index >= 15 is 0 Å². The number of alkyl halides is 4. The molecule has 0 unspecified atom stereocenters. The number of furan rings is 2. The van der Waals surface area contributed by atoms with Gasteiger partial charge >= 0.3 is 0 Å².